The van der Waals surface area contributed by atoms with Gasteiger partial charge < -0.3 is 25.3 Å². The van der Waals surface area contributed by atoms with Crippen LogP contribution >= 0.6 is 0 Å². The largest absolute Gasteiger partial charge is 0.357 e. The number of nitrogens with zero attached hydrogens (tertiary/aromatic N) is 4. The van der Waals surface area contributed by atoms with Crippen molar-refractivity contribution in [2.75, 3.05) is 85.1 Å². The molecule has 0 aromatic carbocycles. The zero-order valence-corrected chi connectivity index (χ0v) is 47.4. The fraction of sp³-hybridized carbons (Fsp3) is 0.950. The average molecular weight is 976 g/mol. The van der Waals surface area contributed by atoms with E-state index in [0.717, 1.165) is 84.3 Å². The molecular weight excluding hydrogens is 853 g/mol. The van der Waals surface area contributed by atoms with Crippen LogP contribution < -0.4 is 10.6 Å². The first-order chi connectivity index (χ1) is 33.9. The van der Waals surface area contributed by atoms with E-state index in [0.29, 0.717) is 32.6 Å². The Hall–Kier alpha value is -1.71. The summed E-state index contributed by atoms with van der Waals surface area (Å²) in [5, 5.41) is 6.05. The first kappa shape index (κ1) is 67.3. The Morgan fingerprint density at radius 2 is 0.667 bits per heavy atom. The molecule has 410 valence electrons. The van der Waals surface area contributed by atoms with Gasteiger partial charge in [0.2, 0.25) is 18.2 Å². The summed E-state index contributed by atoms with van der Waals surface area (Å²) in [5.41, 5.74) is 0. The van der Waals surface area contributed by atoms with Gasteiger partial charge in [0.05, 0.1) is 6.54 Å². The van der Waals surface area contributed by atoms with Gasteiger partial charge in [-0.15, -0.1) is 0 Å². The van der Waals surface area contributed by atoms with Crippen LogP contribution in [0.1, 0.15) is 285 Å². The maximum Gasteiger partial charge on any atom is 0.236 e. The van der Waals surface area contributed by atoms with Crippen LogP contribution in [-0.4, -0.2) is 123 Å². The van der Waals surface area contributed by atoms with Crippen LogP contribution in [0.2, 0.25) is 0 Å². The number of carbonyl (C=O) groups excluding carboxylic acids is 3. The Balaban J connectivity index is 5.70. The minimum atomic E-state index is 0.195. The van der Waals surface area contributed by atoms with E-state index in [1.54, 1.807) is 0 Å². The van der Waals surface area contributed by atoms with Crippen LogP contribution in [0, 0.1) is 0 Å². The Morgan fingerprint density at radius 1 is 0.333 bits per heavy atom. The fourth-order valence-electron chi connectivity index (χ4n) is 9.83. The van der Waals surface area contributed by atoms with Crippen LogP contribution in [0.5, 0.6) is 0 Å². The van der Waals surface area contributed by atoms with Crippen molar-refractivity contribution in [2.45, 2.75) is 285 Å². The van der Waals surface area contributed by atoms with Gasteiger partial charge in [-0.2, -0.15) is 0 Å². The minimum absolute atomic E-state index is 0.195. The topological polar surface area (TPSA) is 88.2 Å². The molecule has 0 aromatic heterocycles. The highest BCUT2D eigenvalue weighted by Crippen LogP contribution is 2.14. The fourth-order valence-corrected chi connectivity index (χ4v) is 9.83. The highest BCUT2D eigenvalue weighted by Gasteiger charge is 2.19. The molecule has 0 aliphatic rings. The summed E-state index contributed by atoms with van der Waals surface area (Å²) in [6.07, 6.45) is 50.1. The summed E-state index contributed by atoms with van der Waals surface area (Å²) >= 11 is 0. The number of hydrogen-bond donors (Lipinski definition) is 2. The summed E-state index contributed by atoms with van der Waals surface area (Å²) in [7, 11) is 0. The SMILES string of the molecule is CCCCCCCCCCCCN(CCCNC(=O)CCCCCCC)CCCN(CCNC=O)C(=O)CN(CCCCCCCCC)CCN(CCCCCCCCC)CCCCCCCCC. The van der Waals surface area contributed by atoms with E-state index >= 15 is 0 Å². The van der Waals surface area contributed by atoms with E-state index in [4.69, 9.17) is 0 Å². The highest BCUT2D eigenvalue weighted by atomic mass is 16.2. The van der Waals surface area contributed by atoms with Crippen molar-refractivity contribution in [3.05, 3.63) is 0 Å². The van der Waals surface area contributed by atoms with E-state index in [-0.39, 0.29) is 11.8 Å². The minimum Gasteiger partial charge on any atom is -0.357 e. The number of nitrogens with one attached hydrogen (secondary N) is 2. The van der Waals surface area contributed by atoms with Gasteiger partial charge in [0.1, 0.15) is 0 Å². The molecule has 3 amide bonds. The Morgan fingerprint density at radius 3 is 1.09 bits per heavy atom. The van der Waals surface area contributed by atoms with Crippen LogP contribution in [-0.2, 0) is 14.4 Å². The third-order valence-electron chi connectivity index (χ3n) is 14.5. The molecule has 0 rings (SSSR count). The lowest BCUT2D eigenvalue weighted by Gasteiger charge is -2.31. The van der Waals surface area contributed by atoms with Gasteiger partial charge >= 0.3 is 0 Å². The number of unbranched alkanes of at least 4 members (excludes halogenated alkanes) is 31. The molecule has 0 radical (unpaired) electrons. The normalized spacial score (nSPS) is 11.7. The first-order valence-corrected chi connectivity index (χ1v) is 30.8. The van der Waals surface area contributed by atoms with Crippen molar-refractivity contribution >= 4 is 18.2 Å². The molecule has 0 saturated heterocycles. The van der Waals surface area contributed by atoms with Gasteiger partial charge in [0, 0.05) is 45.7 Å². The zero-order valence-electron chi connectivity index (χ0n) is 47.4. The summed E-state index contributed by atoms with van der Waals surface area (Å²) < 4.78 is 0. The molecular formula is C60H122N6O3. The van der Waals surface area contributed by atoms with Crippen LogP contribution in [0.15, 0.2) is 0 Å². The lowest BCUT2D eigenvalue weighted by molar-refractivity contribution is -0.132. The van der Waals surface area contributed by atoms with Crippen molar-refractivity contribution in [1.82, 2.24) is 30.2 Å². The molecule has 9 heteroatoms. The van der Waals surface area contributed by atoms with Gasteiger partial charge in [-0.1, -0.05) is 234 Å². The predicted octanol–water partition coefficient (Wildman–Crippen LogP) is 14.9. The first-order valence-electron chi connectivity index (χ1n) is 30.8. The predicted molar refractivity (Wildman–Crippen MR) is 301 cm³/mol. The second-order valence-corrected chi connectivity index (χ2v) is 21.2. The number of carbonyl (C=O) groups is 3. The van der Waals surface area contributed by atoms with Crippen molar-refractivity contribution in [3.8, 4) is 0 Å². The molecule has 0 heterocycles. The summed E-state index contributed by atoms with van der Waals surface area (Å²) in [4.78, 5) is 48.2. The van der Waals surface area contributed by atoms with Gasteiger partial charge in [-0.25, -0.2) is 0 Å². The molecule has 0 spiro atoms. The molecule has 0 aromatic rings. The number of amides is 3. The Kier molecular flexibility index (Phi) is 54.2. The van der Waals surface area contributed by atoms with E-state index in [1.807, 2.05) is 4.90 Å². The molecule has 0 atom stereocenters. The lowest BCUT2D eigenvalue weighted by atomic mass is 10.1. The van der Waals surface area contributed by atoms with Gasteiger partial charge in [-0.3, -0.25) is 19.3 Å². The van der Waals surface area contributed by atoms with Crippen LogP contribution in [0.4, 0.5) is 0 Å². The Labute approximate surface area is 431 Å². The molecule has 0 fully saturated rings. The number of rotatable bonds is 58. The Bertz CT molecular complexity index is 1050. The van der Waals surface area contributed by atoms with Crippen LogP contribution in [0.25, 0.3) is 0 Å². The van der Waals surface area contributed by atoms with Crippen molar-refractivity contribution in [1.29, 1.82) is 0 Å². The molecule has 9 nitrogen and oxygen atoms in total. The molecule has 2 N–H and O–H groups in total. The standard InChI is InChI=1S/C60H122N6O3/c1-6-11-16-21-25-26-27-31-35-38-47-63(51-42-45-62-59(68)44-37-32-20-15-10-5)52-43-53-66(54-46-61-58-67)60(69)57-65(50-41-36-30-24-19-14-9-4)56-55-64(48-39-33-28-22-17-12-7-2)49-40-34-29-23-18-13-8-3/h58H,6-57H2,1-5H3,(H,61,67)(H,62,68). The molecule has 0 unspecified atom stereocenters. The zero-order chi connectivity index (χ0) is 50.4. The van der Waals surface area contributed by atoms with E-state index in [2.05, 4.69) is 60.0 Å². The molecule has 0 saturated carbocycles. The third kappa shape index (κ3) is 48.3. The monoisotopic (exact) mass is 975 g/mol. The summed E-state index contributed by atoms with van der Waals surface area (Å²) in [6, 6.07) is 0. The smallest absolute Gasteiger partial charge is 0.236 e. The van der Waals surface area contributed by atoms with Gasteiger partial charge in [0.25, 0.3) is 0 Å². The van der Waals surface area contributed by atoms with Crippen molar-refractivity contribution in [3.63, 3.8) is 0 Å². The highest BCUT2D eigenvalue weighted by molar-refractivity contribution is 5.78. The van der Waals surface area contributed by atoms with E-state index in [9.17, 15) is 14.4 Å². The maximum absolute atomic E-state index is 14.4. The molecule has 0 aliphatic heterocycles. The maximum atomic E-state index is 14.4. The second-order valence-electron chi connectivity index (χ2n) is 21.2. The lowest BCUT2D eigenvalue weighted by Crippen LogP contribution is -2.46. The molecule has 69 heavy (non-hydrogen) atoms. The van der Waals surface area contributed by atoms with Crippen molar-refractivity contribution < 1.29 is 14.4 Å². The van der Waals surface area contributed by atoms with Crippen molar-refractivity contribution in [2.24, 2.45) is 0 Å². The van der Waals surface area contributed by atoms with E-state index < -0.39 is 0 Å². The van der Waals surface area contributed by atoms with Gasteiger partial charge in [-0.05, 0) is 84.2 Å². The van der Waals surface area contributed by atoms with E-state index in [1.165, 1.54) is 225 Å². The van der Waals surface area contributed by atoms with Gasteiger partial charge in [0.15, 0.2) is 0 Å². The molecule has 0 aliphatic carbocycles. The quantitative estimate of drug-likeness (QED) is 0.0466. The van der Waals surface area contributed by atoms with Crippen LogP contribution in [0.3, 0.4) is 0 Å². The second kappa shape index (κ2) is 55.6. The average Bonchev–Trinajstić information content (AvgIpc) is 3.35. The molecule has 0 bridgehead atoms. The summed E-state index contributed by atoms with van der Waals surface area (Å²) in [5.74, 6) is 0.399. The summed E-state index contributed by atoms with van der Waals surface area (Å²) in [6.45, 7) is 22.6. The number of hydrogen-bond acceptors (Lipinski definition) is 6. The third-order valence-corrected chi connectivity index (χ3v) is 14.5.